The van der Waals surface area contributed by atoms with E-state index in [9.17, 15) is 0 Å². The number of aryl methyl sites for hydroxylation is 1. The van der Waals surface area contributed by atoms with Crippen LogP contribution in [0.3, 0.4) is 0 Å². The quantitative estimate of drug-likeness (QED) is 0.172. The minimum atomic E-state index is 0.653. The first-order valence-electron chi connectivity index (χ1n) is 19.1. The van der Waals surface area contributed by atoms with Crippen molar-refractivity contribution >= 4 is 39.0 Å². The second kappa shape index (κ2) is 13.2. The van der Waals surface area contributed by atoms with Crippen LogP contribution in [0.5, 0.6) is 0 Å². The molecule has 7 aromatic carbocycles. The largest absolute Gasteiger partial charge is 0.456 e. The van der Waals surface area contributed by atoms with E-state index in [2.05, 4.69) is 164 Å². The molecule has 0 bridgehead atoms. The smallest absolute Gasteiger partial charge is 0.160 e. The third-order valence-corrected chi connectivity index (χ3v) is 11.0. The minimum absolute atomic E-state index is 0.653. The molecular weight excluding hydrogens is 685 g/mol. The molecule has 0 radical (unpaired) electrons. The molecule has 0 N–H and O–H groups in total. The fraction of sp³-hybridized carbons (Fsp3) is 0.0385. The zero-order valence-corrected chi connectivity index (χ0v) is 30.4. The molecule has 4 nitrogen and oxygen atoms in total. The molecule has 0 fully saturated rings. The van der Waals surface area contributed by atoms with E-state index in [-0.39, 0.29) is 0 Å². The number of benzene rings is 7. The summed E-state index contributed by atoms with van der Waals surface area (Å²) in [7, 11) is 0. The first-order chi connectivity index (χ1) is 27.7. The van der Waals surface area contributed by atoms with Crippen LogP contribution in [0.15, 0.2) is 185 Å². The van der Waals surface area contributed by atoms with Crippen molar-refractivity contribution in [3.05, 3.63) is 187 Å². The fourth-order valence-electron chi connectivity index (χ4n) is 8.29. The van der Waals surface area contributed by atoms with Gasteiger partial charge in [0.25, 0.3) is 0 Å². The first kappa shape index (κ1) is 32.2. The van der Waals surface area contributed by atoms with Crippen LogP contribution in [-0.2, 0) is 6.42 Å². The van der Waals surface area contributed by atoms with Crippen molar-refractivity contribution in [1.82, 2.24) is 9.97 Å². The Morgan fingerprint density at radius 2 is 1.04 bits per heavy atom. The lowest BCUT2D eigenvalue weighted by Gasteiger charge is -2.14. The van der Waals surface area contributed by atoms with Gasteiger partial charge in [-0.3, -0.25) is 0 Å². The molecule has 1 aliphatic rings. The first-order valence-corrected chi connectivity index (χ1v) is 19.1. The predicted octanol–water partition coefficient (Wildman–Crippen LogP) is 14.1. The Morgan fingerprint density at radius 1 is 0.429 bits per heavy atom. The Labute approximate surface area is 324 Å². The summed E-state index contributed by atoms with van der Waals surface area (Å²) in [6.07, 6.45) is 6.29. The molecule has 0 atom stereocenters. The van der Waals surface area contributed by atoms with Crippen molar-refractivity contribution < 1.29 is 8.83 Å². The van der Waals surface area contributed by atoms with E-state index >= 15 is 0 Å². The Bertz CT molecular complexity index is 3060. The molecule has 11 rings (SSSR count). The molecule has 1 aliphatic carbocycles. The molecule has 264 valence electrons. The molecular formula is C52H34N2O2. The predicted molar refractivity (Wildman–Crippen MR) is 229 cm³/mol. The van der Waals surface area contributed by atoms with Gasteiger partial charge < -0.3 is 8.83 Å². The van der Waals surface area contributed by atoms with E-state index in [1.54, 1.807) is 0 Å². The van der Waals surface area contributed by atoms with Crippen LogP contribution in [0.1, 0.15) is 17.7 Å². The molecule has 0 aliphatic heterocycles. The number of aromatic nitrogens is 2. The van der Waals surface area contributed by atoms with Crippen LogP contribution in [0.2, 0.25) is 0 Å². The van der Waals surface area contributed by atoms with Crippen LogP contribution in [0.25, 0.3) is 106 Å². The molecule has 56 heavy (non-hydrogen) atoms. The second-order valence-corrected chi connectivity index (χ2v) is 14.4. The highest BCUT2D eigenvalue weighted by atomic mass is 16.3. The molecule has 0 amide bonds. The summed E-state index contributed by atoms with van der Waals surface area (Å²) in [5, 5.41) is 3.21. The maximum absolute atomic E-state index is 6.81. The average Bonchev–Trinajstić information content (AvgIpc) is 3.86. The summed E-state index contributed by atoms with van der Waals surface area (Å²) in [4.78, 5) is 10.7. The lowest BCUT2D eigenvalue weighted by Crippen LogP contribution is -1.97. The summed E-state index contributed by atoms with van der Waals surface area (Å²) in [6, 6.07) is 59.3. The highest BCUT2D eigenvalue weighted by Crippen LogP contribution is 2.45. The van der Waals surface area contributed by atoms with E-state index in [1.807, 2.05) is 18.2 Å². The standard InChI is InChI=1S/C52H34N2O2/c1-4-15-33(16-5-1)36-29-37(34-17-6-2-7-18-34)31-38(30-36)52-53-45(35-19-8-3-9-20-35)32-46(54-52)43-28-27-42(51-49(43)44-22-11-13-26-48(44)56-51)41-24-14-23-40-39-21-10-12-25-47(39)55-50(40)41/h1-9,11-20,22-32H,10,21H2. The third-order valence-electron chi connectivity index (χ3n) is 11.0. The molecule has 10 aromatic rings. The molecule has 3 heterocycles. The summed E-state index contributed by atoms with van der Waals surface area (Å²) >= 11 is 0. The van der Waals surface area contributed by atoms with Gasteiger partial charge in [-0.05, 0) is 77.6 Å². The van der Waals surface area contributed by atoms with E-state index in [1.165, 1.54) is 5.56 Å². The third kappa shape index (κ3) is 5.46. The van der Waals surface area contributed by atoms with Gasteiger partial charge >= 0.3 is 0 Å². The van der Waals surface area contributed by atoms with Gasteiger partial charge in [-0.15, -0.1) is 0 Å². The van der Waals surface area contributed by atoms with E-state index in [0.29, 0.717) is 5.82 Å². The van der Waals surface area contributed by atoms with Crippen LogP contribution in [0.4, 0.5) is 0 Å². The molecule has 0 spiro atoms. The Kier molecular flexibility index (Phi) is 7.59. The van der Waals surface area contributed by atoms with Gasteiger partial charge in [0.15, 0.2) is 5.82 Å². The van der Waals surface area contributed by atoms with Crippen molar-refractivity contribution in [2.75, 3.05) is 0 Å². The summed E-state index contributed by atoms with van der Waals surface area (Å²) in [6.45, 7) is 0. The monoisotopic (exact) mass is 718 g/mol. The zero-order chi connectivity index (χ0) is 37.0. The summed E-state index contributed by atoms with van der Waals surface area (Å²) in [5.41, 5.74) is 14.9. The Balaban J connectivity index is 1.16. The number of hydrogen-bond donors (Lipinski definition) is 0. The van der Waals surface area contributed by atoms with Gasteiger partial charge in [-0.25, -0.2) is 9.97 Å². The van der Waals surface area contributed by atoms with Crippen LogP contribution in [0, 0.1) is 0 Å². The van der Waals surface area contributed by atoms with Gasteiger partial charge in [-0.2, -0.15) is 0 Å². The maximum atomic E-state index is 6.81. The topological polar surface area (TPSA) is 52.1 Å². The number of para-hydroxylation sites is 2. The Hall–Kier alpha value is -7.30. The van der Waals surface area contributed by atoms with Crippen molar-refractivity contribution in [3.8, 4) is 67.3 Å². The maximum Gasteiger partial charge on any atom is 0.160 e. The number of fused-ring (bicyclic) bond motifs is 6. The number of furan rings is 2. The number of hydrogen-bond acceptors (Lipinski definition) is 4. The lowest BCUT2D eigenvalue weighted by molar-refractivity contribution is 0.596. The van der Waals surface area contributed by atoms with E-state index in [0.717, 1.165) is 113 Å². The van der Waals surface area contributed by atoms with E-state index < -0.39 is 0 Å². The number of nitrogens with zero attached hydrogens (tertiary/aromatic N) is 2. The lowest BCUT2D eigenvalue weighted by atomic mass is 9.94. The van der Waals surface area contributed by atoms with Crippen molar-refractivity contribution in [1.29, 1.82) is 0 Å². The number of allylic oxidation sites excluding steroid dienone is 1. The molecule has 0 saturated heterocycles. The fourth-order valence-corrected chi connectivity index (χ4v) is 8.29. The molecule has 4 heteroatoms. The van der Waals surface area contributed by atoms with Crippen molar-refractivity contribution in [2.45, 2.75) is 12.8 Å². The molecule has 3 aromatic heterocycles. The highest BCUT2D eigenvalue weighted by Gasteiger charge is 2.23. The zero-order valence-electron chi connectivity index (χ0n) is 30.4. The van der Waals surface area contributed by atoms with Gasteiger partial charge in [0, 0.05) is 49.5 Å². The average molecular weight is 719 g/mol. The normalized spacial score (nSPS) is 12.4. The highest BCUT2D eigenvalue weighted by molar-refractivity contribution is 6.17. The second-order valence-electron chi connectivity index (χ2n) is 14.4. The van der Waals surface area contributed by atoms with Crippen LogP contribution >= 0.6 is 0 Å². The van der Waals surface area contributed by atoms with Gasteiger partial charge in [0.1, 0.15) is 22.5 Å². The summed E-state index contributed by atoms with van der Waals surface area (Å²) in [5.74, 6) is 1.60. The summed E-state index contributed by atoms with van der Waals surface area (Å²) < 4.78 is 13.4. The van der Waals surface area contributed by atoms with Gasteiger partial charge in [0.2, 0.25) is 0 Å². The van der Waals surface area contributed by atoms with Crippen LogP contribution < -0.4 is 0 Å². The van der Waals surface area contributed by atoms with E-state index in [4.69, 9.17) is 18.8 Å². The molecule has 0 unspecified atom stereocenters. The van der Waals surface area contributed by atoms with Crippen molar-refractivity contribution in [3.63, 3.8) is 0 Å². The Morgan fingerprint density at radius 3 is 1.79 bits per heavy atom. The van der Waals surface area contributed by atoms with Gasteiger partial charge in [0.05, 0.1) is 11.4 Å². The minimum Gasteiger partial charge on any atom is -0.456 e. The van der Waals surface area contributed by atoms with Crippen molar-refractivity contribution in [2.24, 2.45) is 0 Å². The SMILES string of the molecule is C1=Cc2oc3c(-c4ccc(-c5cc(-c6ccccc6)nc(-c6cc(-c7ccccc7)cc(-c7ccccc7)c6)n5)c5c4oc4ccccc45)cccc3c2CC1. The van der Waals surface area contributed by atoms with Gasteiger partial charge in [-0.1, -0.05) is 140 Å². The number of rotatable bonds is 6. The molecule has 0 saturated carbocycles. The van der Waals surface area contributed by atoms with Crippen LogP contribution in [-0.4, -0.2) is 9.97 Å².